The second kappa shape index (κ2) is 7.95. The van der Waals surface area contributed by atoms with Gasteiger partial charge < -0.3 is 15.2 Å². The third kappa shape index (κ3) is 4.20. The first-order valence-electron chi connectivity index (χ1n) is 5.39. The zero-order valence-electron chi connectivity index (χ0n) is 10.8. The summed E-state index contributed by atoms with van der Waals surface area (Å²) in [5, 5.41) is 0. The molecule has 1 rings (SSSR count). The first-order valence-corrected chi connectivity index (χ1v) is 5.39. The highest BCUT2D eigenvalue weighted by molar-refractivity contribution is 5.85. The predicted molar refractivity (Wildman–Crippen MR) is 74.3 cm³/mol. The summed E-state index contributed by atoms with van der Waals surface area (Å²) >= 11 is 0. The minimum Gasteiger partial charge on any atom is -0.496 e. The summed E-state index contributed by atoms with van der Waals surface area (Å²) in [6.07, 6.45) is 2.48. The van der Waals surface area contributed by atoms with Gasteiger partial charge in [-0.3, -0.25) is 0 Å². The molecule has 0 heterocycles. The molecule has 0 bridgehead atoms. The van der Waals surface area contributed by atoms with E-state index in [0.29, 0.717) is 29.8 Å². The Balaban J connectivity index is 0.00000289. The van der Waals surface area contributed by atoms with Crippen LogP contribution in [-0.4, -0.2) is 20.3 Å². The molecule has 18 heavy (non-hydrogen) atoms. The van der Waals surface area contributed by atoms with E-state index in [-0.39, 0.29) is 18.4 Å². The predicted octanol–water partition coefficient (Wildman–Crippen LogP) is 2.96. The lowest BCUT2D eigenvalue weighted by molar-refractivity contribution is 0.397. The molecule has 3 nitrogen and oxygen atoms in total. The summed E-state index contributed by atoms with van der Waals surface area (Å²) in [5.74, 6) is 1.30. The molecule has 0 aromatic heterocycles. The highest BCUT2D eigenvalue weighted by atomic mass is 35.5. The van der Waals surface area contributed by atoms with Crippen LogP contribution >= 0.6 is 12.4 Å². The molecule has 0 fully saturated rings. The number of ether oxygens (including phenoxy) is 2. The minimum absolute atomic E-state index is 0. The Morgan fingerprint density at radius 2 is 1.89 bits per heavy atom. The lowest BCUT2D eigenvalue weighted by Crippen LogP contribution is -2.18. The molecule has 0 aliphatic heterocycles. The van der Waals surface area contributed by atoms with Crippen LogP contribution in [0.5, 0.6) is 11.5 Å². The summed E-state index contributed by atoms with van der Waals surface area (Å²) in [7, 11) is 3.13. The molecule has 1 aromatic rings. The third-order valence-corrected chi connectivity index (χ3v) is 2.42. The van der Waals surface area contributed by atoms with Crippen molar-refractivity contribution in [3.05, 3.63) is 29.6 Å². The molecule has 0 radical (unpaired) electrons. The summed E-state index contributed by atoms with van der Waals surface area (Å²) in [6.45, 7) is 1.92. The first kappa shape index (κ1) is 16.7. The van der Waals surface area contributed by atoms with Crippen LogP contribution in [-0.2, 0) is 6.42 Å². The fourth-order valence-corrected chi connectivity index (χ4v) is 1.69. The lowest BCUT2D eigenvalue weighted by atomic mass is 10.0. The average molecular weight is 276 g/mol. The maximum absolute atomic E-state index is 12.2. The Hall–Kier alpha value is -1.26. The number of nitrogens with two attached hydrogens (primary N) is 1. The van der Waals surface area contributed by atoms with Gasteiger partial charge in [0, 0.05) is 11.6 Å². The van der Waals surface area contributed by atoms with E-state index < -0.39 is 0 Å². The number of benzene rings is 1. The first-order chi connectivity index (χ1) is 8.12. The zero-order chi connectivity index (χ0) is 12.8. The van der Waals surface area contributed by atoms with E-state index in [9.17, 15) is 4.39 Å². The fourth-order valence-electron chi connectivity index (χ4n) is 1.69. The molecule has 0 aliphatic carbocycles. The van der Waals surface area contributed by atoms with Crippen LogP contribution in [0.2, 0.25) is 0 Å². The average Bonchev–Trinajstić information content (AvgIpc) is 2.30. The van der Waals surface area contributed by atoms with Crippen molar-refractivity contribution in [2.24, 2.45) is 5.73 Å². The summed E-state index contributed by atoms with van der Waals surface area (Å²) in [5.41, 5.74) is 7.36. The molecule has 102 valence electrons. The smallest absolute Gasteiger partial charge is 0.126 e. The number of halogens is 2. The van der Waals surface area contributed by atoms with Crippen molar-refractivity contribution >= 4 is 18.5 Å². The van der Waals surface area contributed by atoms with Crippen LogP contribution in [0.15, 0.2) is 18.5 Å². The van der Waals surface area contributed by atoms with E-state index in [0.717, 1.165) is 5.56 Å². The van der Waals surface area contributed by atoms with Crippen molar-refractivity contribution in [1.29, 1.82) is 0 Å². The summed E-state index contributed by atoms with van der Waals surface area (Å²) in [4.78, 5) is 0. The molecule has 2 N–H and O–H groups in total. The van der Waals surface area contributed by atoms with Crippen LogP contribution in [0.3, 0.4) is 0 Å². The summed E-state index contributed by atoms with van der Waals surface area (Å²) in [6, 6.07) is 3.60. The van der Waals surface area contributed by atoms with Crippen molar-refractivity contribution in [2.75, 3.05) is 14.2 Å². The zero-order valence-corrected chi connectivity index (χ0v) is 11.6. The second-order valence-electron chi connectivity index (χ2n) is 3.88. The standard InChI is InChI=1S/C13H18FNO2.ClH/c1-9(15)6-11-8-12(16-2)10(4-5-14)7-13(11)17-3;/h4-5,7-9H,6,15H2,1-3H3;1H/b5-4-;. The van der Waals surface area contributed by atoms with Gasteiger partial charge in [0.15, 0.2) is 0 Å². The van der Waals surface area contributed by atoms with E-state index in [1.165, 1.54) is 6.08 Å². The van der Waals surface area contributed by atoms with Crippen LogP contribution in [0, 0.1) is 0 Å². The van der Waals surface area contributed by atoms with Gasteiger partial charge in [0.05, 0.1) is 20.5 Å². The molecule has 1 atom stereocenters. The minimum atomic E-state index is 0. The Morgan fingerprint density at radius 1 is 1.28 bits per heavy atom. The SMILES string of the molecule is COc1cc(CC(C)N)c(OC)cc1/C=C\F.Cl. The van der Waals surface area contributed by atoms with Crippen molar-refractivity contribution in [1.82, 2.24) is 0 Å². The van der Waals surface area contributed by atoms with Gasteiger partial charge >= 0.3 is 0 Å². The molecular formula is C13H19ClFNO2. The fraction of sp³-hybridized carbons (Fsp3) is 0.385. The molecule has 5 heteroatoms. The third-order valence-electron chi connectivity index (χ3n) is 2.42. The maximum atomic E-state index is 12.2. The van der Waals surface area contributed by atoms with E-state index in [2.05, 4.69) is 0 Å². The van der Waals surface area contributed by atoms with Gasteiger partial charge in [0.1, 0.15) is 11.5 Å². The number of rotatable bonds is 5. The topological polar surface area (TPSA) is 44.5 Å². The van der Waals surface area contributed by atoms with Crippen molar-refractivity contribution in [3.63, 3.8) is 0 Å². The van der Waals surface area contributed by atoms with Crippen LogP contribution in [0.1, 0.15) is 18.1 Å². The quantitative estimate of drug-likeness (QED) is 0.899. The van der Waals surface area contributed by atoms with E-state index >= 15 is 0 Å². The van der Waals surface area contributed by atoms with Gasteiger partial charge in [-0.15, -0.1) is 12.4 Å². The molecular weight excluding hydrogens is 257 g/mol. The van der Waals surface area contributed by atoms with Gasteiger partial charge in [-0.25, -0.2) is 4.39 Å². The van der Waals surface area contributed by atoms with Gasteiger partial charge in [-0.05, 0) is 37.1 Å². The molecule has 0 aliphatic rings. The van der Waals surface area contributed by atoms with Gasteiger partial charge in [-0.2, -0.15) is 0 Å². The number of hydrogen-bond acceptors (Lipinski definition) is 3. The van der Waals surface area contributed by atoms with Crippen LogP contribution in [0.4, 0.5) is 4.39 Å². The molecule has 0 saturated heterocycles. The molecule has 0 saturated carbocycles. The van der Waals surface area contributed by atoms with Gasteiger partial charge in [-0.1, -0.05) is 0 Å². The highest BCUT2D eigenvalue weighted by Crippen LogP contribution is 2.30. The summed E-state index contributed by atoms with van der Waals surface area (Å²) < 4.78 is 22.7. The van der Waals surface area contributed by atoms with Crippen LogP contribution < -0.4 is 15.2 Å². The Labute approximate surface area is 113 Å². The van der Waals surface area contributed by atoms with Gasteiger partial charge in [0.2, 0.25) is 0 Å². The monoisotopic (exact) mass is 275 g/mol. The number of methoxy groups -OCH3 is 2. The molecule has 0 amide bonds. The Bertz CT molecular complexity index is 408. The maximum Gasteiger partial charge on any atom is 0.126 e. The van der Waals surface area contributed by atoms with Crippen LogP contribution in [0.25, 0.3) is 6.08 Å². The van der Waals surface area contributed by atoms with E-state index in [1.807, 2.05) is 13.0 Å². The second-order valence-corrected chi connectivity index (χ2v) is 3.88. The lowest BCUT2D eigenvalue weighted by Gasteiger charge is -2.14. The van der Waals surface area contributed by atoms with E-state index in [4.69, 9.17) is 15.2 Å². The van der Waals surface area contributed by atoms with E-state index in [1.54, 1.807) is 20.3 Å². The Morgan fingerprint density at radius 3 is 2.33 bits per heavy atom. The Kier molecular flexibility index (Phi) is 7.39. The molecule has 1 unspecified atom stereocenters. The molecule has 1 aromatic carbocycles. The normalized spacial score (nSPS) is 12.1. The van der Waals surface area contributed by atoms with Crippen molar-refractivity contribution in [2.45, 2.75) is 19.4 Å². The molecule has 0 spiro atoms. The number of hydrogen-bond donors (Lipinski definition) is 1. The highest BCUT2D eigenvalue weighted by Gasteiger charge is 2.11. The van der Waals surface area contributed by atoms with Crippen molar-refractivity contribution < 1.29 is 13.9 Å². The van der Waals surface area contributed by atoms with Gasteiger partial charge in [0.25, 0.3) is 0 Å². The van der Waals surface area contributed by atoms with Crippen molar-refractivity contribution in [3.8, 4) is 11.5 Å². The largest absolute Gasteiger partial charge is 0.496 e.